The van der Waals surface area contributed by atoms with Crippen molar-refractivity contribution in [2.45, 2.75) is 57.6 Å². The number of carboxylic acid groups (broad SMARTS) is 1. The van der Waals surface area contributed by atoms with Gasteiger partial charge in [-0.1, -0.05) is 30.3 Å². The average molecular weight is 481 g/mol. The van der Waals surface area contributed by atoms with Crippen molar-refractivity contribution in [2.75, 3.05) is 13.2 Å². The van der Waals surface area contributed by atoms with E-state index in [9.17, 15) is 9.59 Å². The predicted octanol–water partition coefficient (Wildman–Crippen LogP) is 4.46. The third kappa shape index (κ3) is 6.14. The van der Waals surface area contributed by atoms with Gasteiger partial charge in [0.2, 0.25) is 0 Å². The molecular weight excluding hydrogens is 448 g/mol. The third-order valence-electron chi connectivity index (χ3n) is 5.95. The Morgan fingerprint density at radius 3 is 2.57 bits per heavy atom. The second-order valence-electron chi connectivity index (χ2n) is 10.1. The fraction of sp³-hybridized carbons (Fsp3) is 0.407. The van der Waals surface area contributed by atoms with E-state index in [4.69, 9.17) is 19.3 Å². The summed E-state index contributed by atoms with van der Waals surface area (Å²) in [5.41, 5.74) is -1.38. The monoisotopic (exact) mass is 480 g/mol. The fourth-order valence-electron chi connectivity index (χ4n) is 4.15. The van der Waals surface area contributed by atoms with Crippen LogP contribution in [0.15, 0.2) is 66.4 Å². The smallest absolute Gasteiger partial charge is 0.410 e. The van der Waals surface area contributed by atoms with Crippen molar-refractivity contribution < 1.29 is 28.9 Å². The predicted molar refractivity (Wildman–Crippen MR) is 132 cm³/mol. The lowest BCUT2D eigenvalue weighted by Gasteiger charge is -2.33. The van der Waals surface area contributed by atoms with Crippen molar-refractivity contribution >= 4 is 22.8 Å². The minimum Gasteiger partial charge on any atom is -0.488 e. The highest BCUT2D eigenvalue weighted by molar-refractivity contribution is 5.90. The molecule has 1 fully saturated rings. The van der Waals surface area contributed by atoms with Crippen molar-refractivity contribution in [1.29, 1.82) is 0 Å². The molecule has 1 unspecified atom stereocenters. The van der Waals surface area contributed by atoms with Crippen LogP contribution in [0.3, 0.4) is 0 Å². The van der Waals surface area contributed by atoms with Gasteiger partial charge in [-0.05, 0) is 62.8 Å². The Hall–Kier alpha value is -3.52. The summed E-state index contributed by atoms with van der Waals surface area (Å²) < 4.78 is 18.0. The first-order valence-corrected chi connectivity index (χ1v) is 11.7. The summed E-state index contributed by atoms with van der Waals surface area (Å²) in [6.45, 7) is 7.90. The standard InChI is InChI=1S/C27H32N2O6/c1-26(2,3)35-25(32)29-16-23(34-22-10-9-18-7-5-6-8-19(18)13-22)14-21(29)17-33-27(4)12-11-20(15-28-27)24(30)31/h5-13,15,21,23,28H,14,16-17H2,1-4H3,(H,30,31)/t21-,23-,27?/m0/s1. The molecule has 1 saturated heterocycles. The molecule has 8 heteroatoms. The van der Waals surface area contributed by atoms with Gasteiger partial charge in [-0.2, -0.15) is 0 Å². The molecule has 2 heterocycles. The number of aliphatic carboxylic acids is 1. The Balaban J connectivity index is 1.45. The molecule has 1 amide bonds. The van der Waals surface area contributed by atoms with Crippen molar-refractivity contribution in [2.24, 2.45) is 0 Å². The van der Waals surface area contributed by atoms with E-state index in [0.717, 1.165) is 16.5 Å². The van der Waals surface area contributed by atoms with Gasteiger partial charge in [-0.15, -0.1) is 0 Å². The number of amides is 1. The highest BCUT2D eigenvalue weighted by atomic mass is 16.6. The Labute approximate surface area is 205 Å². The van der Waals surface area contributed by atoms with Gasteiger partial charge in [0, 0.05) is 12.6 Å². The first-order valence-electron chi connectivity index (χ1n) is 11.7. The van der Waals surface area contributed by atoms with E-state index < -0.39 is 23.4 Å². The lowest BCUT2D eigenvalue weighted by molar-refractivity contribution is -0.132. The molecule has 2 aromatic rings. The van der Waals surface area contributed by atoms with Crippen molar-refractivity contribution in [3.05, 3.63) is 66.4 Å². The quantitative estimate of drug-likeness (QED) is 0.630. The molecule has 2 aliphatic rings. The highest BCUT2D eigenvalue weighted by Gasteiger charge is 2.40. The van der Waals surface area contributed by atoms with Crippen LogP contribution in [0.2, 0.25) is 0 Å². The molecule has 2 aliphatic heterocycles. The van der Waals surface area contributed by atoms with Gasteiger partial charge in [0.25, 0.3) is 0 Å². The maximum atomic E-state index is 13.0. The van der Waals surface area contributed by atoms with Crippen LogP contribution in [0.25, 0.3) is 10.8 Å². The van der Waals surface area contributed by atoms with E-state index in [1.165, 1.54) is 12.3 Å². The van der Waals surface area contributed by atoms with E-state index in [0.29, 0.717) is 13.0 Å². The molecule has 35 heavy (non-hydrogen) atoms. The van der Waals surface area contributed by atoms with E-state index in [1.807, 2.05) is 57.2 Å². The topological polar surface area (TPSA) is 97.3 Å². The lowest BCUT2D eigenvalue weighted by atomic mass is 10.1. The zero-order valence-electron chi connectivity index (χ0n) is 20.5. The van der Waals surface area contributed by atoms with Crippen LogP contribution in [-0.2, 0) is 14.3 Å². The number of hydrogen-bond donors (Lipinski definition) is 2. The van der Waals surface area contributed by atoms with Crippen molar-refractivity contribution in [1.82, 2.24) is 10.2 Å². The van der Waals surface area contributed by atoms with Crippen LogP contribution in [0.4, 0.5) is 4.79 Å². The number of ether oxygens (including phenoxy) is 3. The summed E-state index contributed by atoms with van der Waals surface area (Å²) in [7, 11) is 0. The SMILES string of the molecule is CC(C)(C)OC(=O)N1C[C@@H](Oc2ccc3ccccc3c2)C[C@H]1COC1(C)C=CC(C(=O)O)=CN1. The van der Waals surface area contributed by atoms with Crippen molar-refractivity contribution in [3.8, 4) is 5.75 Å². The number of benzene rings is 2. The zero-order chi connectivity index (χ0) is 25.2. The lowest BCUT2D eigenvalue weighted by Crippen LogP contribution is -2.47. The van der Waals surface area contributed by atoms with Crippen molar-refractivity contribution in [3.63, 3.8) is 0 Å². The molecular formula is C27H32N2O6. The summed E-state index contributed by atoms with van der Waals surface area (Å²) in [6.07, 6.45) is 4.51. The van der Waals surface area contributed by atoms with Gasteiger partial charge in [0.05, 0.1) is 24.8 Å². The molecule has 2 aromatic carbocycles. The number of likely N-dealkylation sites (tertiary alicyclic amines) is 1. The number of dihydropyridines is 1. The number of carboxylic acids is 1. The summed E-state index contributed by atoms with van der Waals surface area (Å²) in [5, 5.41) is 14.3. The number of carbonyl (C=O) groups is 2. The highest BCUT2D eigenvalue weighted by Crippen LogP contribution is 2.28. The number of fused-ring (bicyclic) bond motifs is 1. The largest absolute Gasteiger partial charge is 0.488 e. The maximum absolute atomic E-state index is 13.0. The van der Waals surface area contributed by atoms with E-state index in [1.54, 1.807) is 17.9 Å². The molecule has 2 N–H and O–H groups in total. The Morgan fingerprint density at radius 1 is 1.17 bits per heavy atom. The summed E-state index contributed by atoms with van der Waals surface area (Å²) in [6, 6.07) is 13.8. The molecule has 4 rings (SSSR count). The fourth-order valence-corrected chi connectivity index (χ4v) is 4.15. The number of carbonyl (C=O) groups excluding carboxylic acids is 1. The second kappa shape index (κ2) is 9.62. The van der Waals surface area contributed by atoms with E-state index in [-0.39, 0.29) is 24.3 Å². The van der Waals surface area contributed by atoms with Crippen LogP contribution in [0.1, 0.15) is 34.1 Å². The van der Waals surface area contributed by atoms with Gasteiger partial charge in [0.15, 0.2) is 5.72 Å². The molecule has 0 saturated carbocycles. The molecule has 0 bridgehead atoms. The molecule has 8 nitrogen and oxygen atoms in total. The van der Waals surface area contributed by atoms with Gasteiger partial charge < -0.3 is 24.6 Å². The van der Waals surface area contributed by atoms with Gasteiger partial charge >= 0.3 is 12.1 Å². The summed E-state index contributed by atoms with van der Waals surface area (Å²) in [5.74, 6) is -0.272. The van der Waals surface area contributed by atoms with Crippen LogP contribution >= 0.6 is 0 Å². The Kier molecular flexibility index (Phi) is 6.76. The molecule has 0 aliphatic carbocycles. The van der Waals surface area contributed by atoms with Gasteiger partial charge in [-0.3, -0.25) is 4.90 Å². The summed E-state index contributed by atoms with van der Waals surface area (Å²) >= 11 is 0. The maximum Gasteiger partial charge on any atom is 0.410 e. The van der Waals surface area contributed by atoms with E-state index in [2.05, 4.69) is 11.4 Å². The molecule has 186 valence electrons. The Bertz CT molecular complexity index is 1170. The van der Waals surface area contributed by atoms with Crippen LogP contribution in [0, 0.1) is 0 Å². The molecule has 3 atom stereocenters. The third-order valence-corrected chi connectivity index (χ3v) is 5.95. The number of hydrogen-bond acceptors (Lipinski definition) is 6. The first-order chi connectivity index (χ1) is 16.5. The Morgan fingerprint density at radius 2 is 1.91 bits per heavy atom. The minimum atomic E-state index is -1.02. The van der Waals surface area contributed by atoms with Gasteiger partial charge in [0.1, 0.15) is 17.5 Å². The minimum absolute atomic E-state index is 0.145. The molecule has 0 spiro atoms. The molecule has 0 radical (unpaired) electrons. The van der Waals surface area contributed by atoms with E-state index >= 15 is 0 Å². The normalized spacial score (nSPS) is 24.1. The number of nitrogens with zero attached hydrogens (tertiary/aromatic N) is 1. The number of nitrogens with one attached hydrogen (secondary N) is 1. The molecule has 0 aromatic heterocycles. The van der Waals surface area contributed by atoms with Crippen LogP contribution in [-0.4, -0.2) is 58.7 Å². The zero-order valence-corrected chi connectivity index (χ0v) is 20.5. The van der Waals surface area contributed by atoms with Gasteiger partial charge in [-0.25, -0.2) is 9.59 Å². The van der Waals surface area contributed by atoms with Crippen LogP contribution in [0.5, 0.6) is 5.75 Å². The van der Waals surface area contributed by atoms with Crippen LogP contribution < -0.4 is 10.1 Å². The second-order valence-corrected chi connectivity index (χ2v) is 10.1. The number of rotatable bonds is 6. The first kappa shape index (κ1) is 24.6. The summed E-state index contributed by atoms with van der Waals surface area (Å²) in [4.78, 5) is 25.8. The average Bonchev–Trinajstić information content (AvgIpc) is 3.20.